The maximum Gasteiger partial charge on any atom is 0.109 e. The van der Waals surface area contributed by atoms with Gasteiger partial charge in [0.05, 0.1) is 19.3 Å². The summed E-state index contributed by atoms with van der Waals surface area (Å²) in [6.45, 7) is 4.47. The van der Waals surface area contributed by atoms with Crippen molar-refractivity contribution in [2.45, 2.75) is 58.2 Å². The molecular formula is C17H30O4. The van der Waals surface area contributed by atoms with Gasteiger partial charge >= 0.3 is 0 Å². The van der Waals surface area contributed by atoms with E-state index in [0.717, 1.165) is 32.1 Å². The van der Waals surface area contributed by atoms with Gasteiger partial charge in [0.25, 0.3) is 0 Å². The fourth-order valence-electron chi connectivity index (χ4n) is 4.61. The molecule has 6 atom stereocenters. The zero-order valence-electron chi connectivity index (χ0n) is 13.5. The van der Waals surface area contributed by atoms with Crippen LogP contribution in [0.5, 0.6) is 0 Å². The van der Waals surface area contributed by atoms with E-state index in [-0.39, 0.29) is 18.6 Å². The fraction of sp³-hybridized carbons (Fsp3) is 0.882. The third-order valence-electron chi connectivity index (χ3n) is 5.49. The van der Waals surface area contributed by atoms with Crippen LogP contribution in [0.2, 0.25) is 0 Å². The molecule has 2 N–H and O–H groups in total. The van der Waals surface area contributed by atoms with E-state index < -0.39 is 6.10 Å². The molecule has 0 spiro atoms. The molecule has 0 aromatic heterocycles. The highest BCUT2D eigenvalue weighted by Crippen LogP contribution is 2.52. The summed E-state index contributed by atoms with van der Waals surface area (Å²) in [7, 11) is 1.46. The Hall–Kier alpha value is -0.420. The summed E-state index contributed by atoms with van der Waals surface area (Å²) in [6, 6.07) is 0. The summed E-state index contributed by atoms with van der Waals surface area (Å²) in [6.07, 6.45) is 6.58. The lowest BCUT2D eigenvalue weighted by Crippen LogP contribution is -2.41. The molecular weight excluding hydrogens is 268 g/mol. The molecule has 6 unspecified atom stereocenters. The van der Waals surface area contributed by atoms with Crippen molar-refractivity contribution in [1.29, 1.82) is 0 Å². The molecule has 0 aromatic carbocycles. The Morgan fingerprint density at radius 1 is 1.33 bits per heavy atom. The first-order valence-electron chi connectivity index (χ1n) is 8.31. The van der Waals surface area contributed by atoms with Gasteiger partial charge in [-0.15, -0.1) is 0 Å². The van der Waals surface area contributed by atoms with Crippen molar-refractivity contribution in [3.05, 3.63) is 11.6 Å². The molecule has 2 rings (SSSR count). The molecule has 4 nitrogen and oxygen atoms in total. The number of fused-ring (bicyclic) bond motifs is 1. The van der Waals surface area contributed by atoms with Crippen molar-refractivity contribution >= 4 is 0 Å². The summed E-state index contributed by atoms with van der Waals surface area (Å²) in [4.78, 5) is 9.56. The first-order chi connectivity index (χ1) is 10.1. The fourth-order valence-corrected chi connectivity index (χ4v) is 4.61. The van der Waals surface area contributed by atoms with Crippen LogP contribution in [0.4, 0.5) is 0 Å². The van der Waals surface area contributed by atoms with Crippen LogP contribution in [0.1, 0.15) is 46.0 Å². The van der Waals surface area contributed by atoms with Crippen molar-refractivity contribution in [3.63, 3.8) is 0 Å². The molecule has 0 amide bonds. The van der Waals surface area contributed by atoms with Gasteiger partial charge in [-0.3, -0.25) is 0 Å². The third-order valence-corrected chi connectivity index (χ3v) is 5.49. The Kier molecular flexibility index (Phi) is 6.23. The summed E-state index contributed by atoms with van der Waals surface area (Å²) in [5, 5.41) is 20.8. The molecule has 4 heteroatoms. The topological polar surface area (TPSA) is 58.9 Å². The van der Waals surface area contributed by atoms with Gasteiger partial charge in [-0.2, -0.15) is 0 Å². The minimum Gasteiger partial charge on any atom is -0.393 e. The van der Waals surface area contributed by atoms with Crippen LogP contribution in [0.3, 0.4) is 0 Å². The van der Waals surface area contributed by atoms with Gasteiger partial charge in [0.2, 0.25) is 0 Å². The number of allylic oxidation sites excluding steroid dienone is 1. The minimum absolute atomic E-state index is 0.0794. The molecule has 2 fully saturated rings. The Morgan fingerprint density at radius 3 is 2.71 bits per heavy atom. The highest BCUT2D eigenvalue weighted by atomic mass is 17.2. The molecule has 0 saturated heterocycles. The van der Waals surface area contributed by atoms with E-state index >= 15 is 0 Å². The van der Waals surface area contributed by atoms with Crippen LogP contribution in [0, 0.1) is 23.7 Å². The molecule has 0 aliphatic heterocycles. The molecule has 21 heavy (non-hydrogen) atoms. The molecule has 2 aliphatic carbocycles. The van der Waals surface area contributed by atoms with E-state index in [4.69, 9.17) is 4.89 Å². The minimum atomic E-state index is -0.566. The predicted molar refractivity (Wildman–Crippen MR) is 81.5 cm³/mol. The SMILES string of the molecule is C/C=C1/C(C(O)COOC)CC2C(O)CCC2C1CCC. The average Bonchev–Trinajstić information content (AvgIpc) is 2.86. The van der Waals surface area contributed by atoms with Gasteiger partial charge in [-0.25, -0.2) is 9.78 Å². The maximum atomic E-state index is 10.5. The lowest BCUT2D eigenvalue weighted by atomic mass is 9.63. The van der Waals surface area contributed by atoms with Crippen LogP contribution in [-0.4, -0.2) is 36.1 Å². The summed E-state index contributed by atoms with van der Waals surface area (Å²) >= 11 is 0. The highest BCUT2D eigenvalue weighted by molar-refractivity contribution is 5.19. The van der Waals surface area contributed by atoms with Gasteiger partial charge in [0.1, 0.15) is 6.61 Å². The summed E-state index contributed by atoms with van der Waals surface area (Å²) < 4.78 is 0. The molecule has 2 aliphatic rings. The Bertz CT molecular complexity index is 355. The molecule has 0 heterocycles. The third kappa shape index (κ3) is 3.50. The van der Waals surface area contributed by atoms with E-state index in [9.17, 15) is 10.2 Å². The molecule has 2 saturated carbocycles. The second-order valence-electron chi connectivity index (χ2n) is 6.52. The van der Waals surface area contributed by atoms with Crippen molar-refractivity contribution in [1.82, 2.24) is 0 Å². The number of aliphatic hydroxyl groups is 2. The van der Waals surface area contributed by atoms with E-state index in [0.29, 0.717) is 17.8 Å². The van der Waals surface area contributed by atoms with Gasteiger partial charge in [-0.05, 0) is 50.4 Å². The molecule has 122 valence electrons. The second-order valence-corrected chi connectivity index (χ2v) is 6.52. The van der Waals surface area contributed by atoms with Crippen molar-refractivity contribution in [3.8, 4) is 0 Å². The zero-order chi connectivity index (χ0) is 15.4. The van der Waals surface area contributed by atoms with E-state index in [1.165, 1.54) is 12.7 Å². The molecule has 0 radical (unpaired) electrons. The van der Waals surface area contributed by atoms with Crippen LogP contribution >= 0.6 is 0 Å². The van der Waals surface area contributed by atoms with Crippen LogP contribution in [0.15, 0.2) is 11.6 Å². The predicted octanol–water partition coefficient (Wildman–Crippen LogP) is 2.69. The van der Waals surface area contributed by atoms with Crippen LogP contribution in [0.25, 0.3) is 0 Å². The lowest BCUT2D eigenvalue weighted by Gasteiger charge is -2.43. The average molecular weight is 298 g/mol. The van der Waals surface area contributed by atoms with E-state index in [1.54, 1.807) is 0 Å². The second kappa shape index (κ2) is 7.73. The first-order valence-corrected chi connectivity index (χ1v) is 8.31. The standard InChI is InChI=1S/C17H30O4/c1-4-6-12-11(5-2)14(17(19)10-21-20-3)9-15-13(12)7-8-16(15)18/h5,12-19H,4,6-10H2,1-3H3/b11-5+. The number of aliphatic hydroxyl groups excluding tert-OH is 2. The lowest BCUT2D eigenvalue weighted by molar-refractivity contribution is -0.287. The van der Waals surface area contributed by atoms with Gasteiger partial charge in [0, 0.05) is 5.92 Å². The Morgan fingerprint density at radius 2 is 2.10 bits per heavy atom. The van der Waals surface area contributed by atoms with Crippen LogP contribution < -0.4 is 0 Å². The van der Waals surface area contributed by atoms with Crippen molar-refractivity contribution < 1.29 is 20.0 Å². The smallest absolute Gasteiger partial charge is 0.109 e. The van der Waals surface area contributed by atoms with Crippen molar-refractivity contribution in [2.24, 2.45) is 23.7 Å². The Labute approximate surface area is 128 Å². The first kappa shape index (κ1) is 16.9. The van der Waals surface area contributed by atoms with Gasteiger partial charge in [-0.1, -0.05) is 25.0 Å². The van der Waals surface area contributed by atoms with Crippen molar-refractivity contribution in [2.75, 3.05) is 13.7 Å². The normalized spacial score (nSPS) is 39.5. The van der Waals surface area contributed by atoms with Gasteiger partial charge < -0.3 is 10.2 Å². The largest absolute Gasteiger partial charge is 0.393 e. The number of hydrogen-bond acceptors (Lipinski definition) is 4. The number of rotatable bonds is 6. The summed E-state index contributed by atoms with van der Waals surface area (Å²) in [5.41, 5.74) is 1.36. The van der Waals surface area contributed by atoms with Crippen LogP contribution in [-0.2, 0) is 9.78 Å². The zero-order valence-corrected chi connectivity index (χ0v) is 13.5. The molecule has 0 bridgehead atoms. The monoisotopic (exact) mass is 298 g/mol. The highest BCUT2D eigenvalue weighted by Gasteiger charge is 2.47. The Balaban J connectivity index is 2.19. The quantitative estimate of drug-likeness (QED) is 0.450. The van der Waals surface area contributed by atoms with E-state index in [1.807, 2.05) is 0 Å². The maximum absolute atomic E-state index is 10.5. The number of hydrogen-bond donors (Lipinski definition) is 2. The summed E-state index contributed by atoms with van der Waals surface area (Å²) in [5.74, 6) is 1.49. The molecule has 0 aromatic rings. The van der Waals surface area contributed by atoms with E-state index in [2.05, 4.69) is 24.8 Å². The van der Waals surface area contributed by atoms with Gasteiger partial charge in [0.15, 0.2) is 0 Å².